The molecule has 2 aliphatic rings. The number of benzene rings is 2. The number of carbonyl (C=O) groups is 3. The molecule has 1 aromatic heterocycles. The van der Waals surface area contributed by atoms with Gasteiger partial charge in [-0.2, -0.15) is 0 Å². The molecule has 0 saturated carbocycles. The largest absolute Gasteiger partial charge is 0.507 e. The first-order valence-corrected chi connectivity index (χ1v) is 12.6. The first kappa shape index (κ1) is 25.3. The Labute approximate surface area is 221 Å². The molecule has 10 heteroatoms. The molecule has 0 radical (unpaired) electrons. The van der Waals surface area contributed by atoms with Crippen LogP contribution in [0.4, 0.5) is 9.52 Å². The summed E-state index contributed by atoms with van der Waals surface area (Å²) in [4.78, 5) is 44.7. The van der Waals surface area contributed by atoms with Gasteiger partial charge in [0.25, 0.3) is 5.78 Å². The molecule has 8 nitrogen and oxygen atoms in total. The van der Waals surface area contributed by atoms with Gasteiger partial charge in [-0.3, -0.25) is 14.5 Å². The van der Waals surface area contributed by atoms with Gasteiger partial charge in [-0.1, -0.05) is 42.2 Å². The zero-order valence-electron chi connectivity index (χ0n) is 20.6. The van der Waals surface area contributed by atoms with Gasteiger partial charge in [0.05, 0.1) is 11.3 Å². The van der Waals surface area contributed by atoms with Crippen LogP contribution in [0, 0.1) is 12.7 Å². The smallest absolute Gasteiger partial charge is 0.350 e. The van der Waals surface area contributed by atoms with Crippen molar-refractivity contribution in [1.29, 1.82) is 0 Å². The summed E-state index contributed by atoms with van der Waals surface area (Å²) >= 11 is 0.841. The van der Waals surface area contributed by atoms with E-state index in [0.717, 1.165) is 21.8 Å². The van der Waals surface area contributed by atoms with E-state index in [-0.39, 0.29) is 39.6 Å². The average Bonchev–Trinajstić information content (AvgIpc) is 3.54. The van der Waals surface area contributed by atoms with Gasteiger partial charge in [-0.25, -0.2) is 14.2 Å². The van der Waals surface area contributed by atoms with Gasteiger partial charge in [-0.15, -0.1) is 0 Å². The van der Waals surface area contributed by atoms with E-state index in [4.69, 9.17) is 9.47 Å². The summed E-state index contributed by atoms with van der Waals surface area (Å²) in [5.74, 6) is -3.11. The minimum atomic E-state index is -1.32. The van der Waals surface area contributed by atoms with Crippen molar-refractivity contribution in [1.82, 2.24) is 4.98 Å². The Balaban J connectivity index is 1.66. The number of amides is 1. The Bertz CT molecular complexity index is 1530. The SMILES string of the molecule is C=CCOC(=O)c1sc(N2C(=O)C(=O)C(=C(O)c3ccc4c(c3)C[C@H](C)O4)[C@@H]2c2ccccc2F)nc1C. The number of hydrogen-bond acceptors (Lipinski definition) is 8. The standard InChI is InChI=1S/C28H23FN2O6S/c1-4-11-36-27(35)25-15(3)30-28(38-25)31-22(18-7-5-6-8-19(18)29)21(24(33)26(31)34)23(32)16-9-10-20-17(13-16)12-14(2)37-20/h4-10,13-14,22,32H,1,11-12H2,2-3H3/t14-,22-/m0/s1. The maximum atomic E-state index is 15.1. The zero-order chi connectivity index (χ0) is 27.1. The Morgan fingerprint density at radius 3 is 2.82 bits per heavy atom. The fourth-order valence-corrected chi connectivity index (χ4v) is 5.61. The first-order valence-electron chi connectivity index (χ1n) is 11.8. The molecule has 38 heavy (non-hydrogen) atoms. The van der Waals surface area contributed by atoms with Gasteiger partial charge in [0.15, 0.2) is 5.13 Å². The van der Waals surface area contributed by atoms with Crippen molar-refractivity contribution in [3.8, 4) is 5.75 Å². The van der Waals surface area contributed by atoms with E-state index in [1.165, 1.54) is 24.3 Å². The van der Waals surface area contributed by atoms with E-state index >= 15 is 4.39 Å². The predicted octanol–water partition coefficient (Wildman–Crippen LogP) is 4.88. The lowest BCUT2D eigenvalue weighted by Gasteiger charge is -2.23. The van der Waals surface area contributed by atoms with E-state index in [9.17, 15) is 19.5 Å². The minimum Gasteiger partial charge on any atom is -0.507 e. The number of carbonyl (C=O) groups excluding carboxylic acids is 3. The monoisotopic (exact) mass is 534 g/mol. The fourth-order valence-electron chi connectivity index (χ4n) is 4.62. The summed E-state index contributed by atoms with van der Waals surface area (Å²) in [6.07, 6.45) is 1.99. The number of aliphatic hydroxyl groups excluding tert-OH is 1. The number of ketones is 1. The second kappa shape index (κ2) is 9.86. The third kappa shape index (κ3) is 4.26. The number of anilines is 1. The fraction of sp³-hybridized carbons (Fsp3) is 0.214. The second-order valence-electron chi connectivity index (χ2n) is 8.94. The lowest BCUT2D eigenvalue weighted by molar-refractivity contribution is -0.132. The summed E-state index contributed by atoms with van der Waals surface area (Å²) < 4.78 is 25.9. The van der Waals surface area contributed by atoms with E-state index in [1.54, 1.807) is 31.2 Å². The van der Waals surface area contributed by atoms with Crippen LogP contribution < -0.4 is 9.64 Å². The topological polar surface area (TPSA) is 106 Å². The summed E-state index contributed by atoms with van der Waals surface area (Å²) in [5.41, 5.74) is 1.13. The number of aliphatic hydroxyl groups is 1. The molecule has 0 bridgehead atoms. The molecule has 3 heterocycles. The van der Waals surface area contributed by atoms with Gasteiger partial charge in [0, 0.05) is 17.5 Å². The van der Waals surface area contributed by atoms with E-state index in [1.807, 2.05) is 6.92 Å². The third-order valence-electron chi connectivity index (χ3n) is 6.32. The summed E-state index contributed by atoms with van der Waals surface area (Å²) in [6, 6.07) is 9.33. The van der Waals surface area contributed by atoms with Crippen molar-refractivity contribution in [3.63, 3.8) is 0 Å². The van der Waals surface area contributed by atoms with Crippen LogP contribution in [0.15, 0.2) is 60.7 Å². The molecule has 5 rings (SSSR count). The highest BCUT2D eigenvalue weighted by atomic mass is 32.1. The molecule has 1 N–H and O–H groups in total. The number of hydrogen-bond donors (Lipinski definition) is 1. The number of esters is 1. The maximum Gasteiger partial charge on any atom is 0.350 e. The van der Waals surface area contributed by atoms with E-state index in [0.29, 0.717) is 17.7 Å². The van der Waals surface area contributed by atoms with E-state index in [2.05, 4.69) is 11.6 Å². The number of rotatable bonds is 6. The van der Waals surface area contributed by atoms with Crippen molar-refractivity contribution in [2.24, 2.45) is 0 Å². The highest BCUT2D eigenvalue weighted by Gasteiger charge is 2.49. The van der Waals surface area contributed by atoms with Crippen LogP contribution >= 0.6 is 11.3 Å². The van der Waals surface area contributed by atoms with Crippen LogP contribution in [0.2, 0.25) is 0 Å². The van der Waals surface area contributed by atoms with E-state index < -0.39 is 35.3 Å². The van der Waals surface area contributed by atoms with Gasteiger partial charge < -0.3 is 14.6 Å². The van der Waals surface area contributed by atoms with Crippen LogP contribution in [0.25, 0.3) is 5.76 Å². The first-order chi connectivity index (χ1) is 18.2. The Morgan fingerprint density at radius 2 is 2.08 bits per heavy atom. The van der Waals surface area contributed by atoms with Gasteiger partial charge in [0.2, 0.25) is 0 Å². The zero-order valence-corrected chi connectivity index (χ0v) is 21.4. The number of thiazole rings is 1. The molecule has 2 aliphatic heterocycles. The molecule has 194 valence electrons. The number of fused-ring (bicyclic) bond motifs is 1. The average molecular weight is 535 g/mol. The highest BCUT2D eigenvalue weighted by Crippen LogP contribution is 2.45. The molecule has 1 fully saturated rings. The molecule has 0 aliphatic carbocycles. The Morgan fingerprint density at radius 1 is 1.32 bits per heavy atom. The molecule has 0 unspecified atom stereocenters. The van der Waals surface area contributed by atoms with Crippen molar-refractivity contribution in [3.05, 3.63) is 93.8 Å². The summed E-state index contributed by atoms with van der Waals surface area (Å²) in [6.45, 7) is 6.97. The van der Waals surface area contributed by atoms with Crippen LogP contribution in [-0.4, -0.2) is 40.5 Å². The van der Waals surface area contributed by atoms with Crippen molar-refractivity contribution in [2.75, 3.05) is 11.5 Å². The lowest BCUT2D eigenvalue weighted by Crippen LogP contribution is -2.29. The molecule has 2 atom stereocenters. The van der Waals surface area contributed by atoms with Crippen LogP contribution in [-0.2, 0) is 20.7 Å². The number of aromatic nitrogens is 1. The Kier molecular flexibility index (Phi) is 6.58. The quantitative estimate of drug-likeness (QED) is 0.158. The van der Waals surface area contributed by atoms with Crippen molar-refractivity contribution >= 4 is 39.9 Å². The molecule has 1 amide bonds. The van der Waals surface area contributed by atoms with Crippen LogP contribution in [0.5, 0.6) is 5.75 Å². The van der Waals surface area contributed by atoms with Gasteiger partial charge in [-0.05, 0) is 43.7 Å². The molecular formula is C28H23FN2O6S. The highest BCUT2D eigenvalue weighted by molar-refractivity contribution is 7.17. The molecule has 3 aromatic rings. The summed E-state index contributed by atoms with van der Waals surface area (Å²) in [5, 5.41) is 11.4. The number of Topliss-reactive ketones (excluding diaryl/α,β-unsaturated/α-hetero) is 1. The minimum absolute atomic E-state index is 0.00126. The number of ether oxygens (including phenoxy) is 2. The van der Waals surface area contributed by atoms with Gasteiger partial charge in [0.1, 0.15) is 41.0 Å². The molecular weight excluding hydrogens is 511 g/mol. The van der Waals surface area contributed by atoms with Crippen LogP contribution in [0.3, 0.4) is 0 Å². The summed E-state index contributed by atoms with van der Waals surface area (Å²) in [7, 11) is 0. The molecule has 0 spiro atoms. The predicted molar refractivity (Wildman–Crippen MR) is 139 cm³/mol. The van der Waals surface area contributed by atoms with Crippen molar-refractivity contribution in [2.45, 2.75) is 32.4 Å². The second-order valence-corrected chi connectivity index (χ2v) is 9.92. The molecule has 2 aromatic carbocycles. The van der Waals surface area contributed by atoms with Crippen LogP contribution in [0.1, 0.15) is 45.0 Å². The van der Waals surface area contributed by atoms with Gasteiger partial charge >= 0.3 is 11.9 Å². The third-order valence-corrected chi connectivity index (χ3v) is 7.46. The lowest BCUT2D eigenvalue weighted by atomic mass is 9.94. The Hall–Kier alpha value is -4.31. The number of aryl methyl sites for hydroxylation is 1. The number of halogens is 1. The number of nitrogens with zero attached hydrogens (tertiary/aromatic N) is 2. The van der Waals surface area contributed by atoms with Crippen molar-refractivity contribution < 1.29 is 33.4 Å². The normalized spacial score (nSPS) is 19.8. The maximum absolute atomic E-state index is 15.1. The molecule has 1 saturated heterocycles.